The summed E-state index contributed by atoms with van der Waals surface area (Å²) < 4.78 is 13.7. The fraction of sp³-hybridized carbons (Fsp3) is 0.273. The molecular weight excluding hydrogens is 385 g/mol. The predicted octanol–water partition coefficient (Wildman–Crippen LogP) is 3.52. The van der Waals surface area contributed by atoms with Crippen molar-refractivity contribution in [1.29, 1.82) is 0 Å². The lowest BCUT2D eigenvalue weighted by Gasteiger charge is -2.31. The van der Waals surface area contributed by atoms with Crippen LogP contribution >= 0.6 is 0 Å². The molecule has 2 amide bonds. The third kappa shape index (κ3) is 4.07. The van der Waals surface area contributed by atoms with Crippen LogP contribution in [-0.4, -0.2) is 45.0 Å². The van der Waals surface area contributed by atoms with E-state index in [1.54, 1.807) is 36.5 Å². The maximum atomic E-state index is 13.7. The zero-order valence-corrected chi connectivity index (χ0v) is 16.6. The van der Waals surface area contributed by atoms with Crippen molar-refractivity contribution in [1.82, 2.24) is 20.1 Å². The minimum atomic E-state index is -0.498. The number of carbonyl (C=O) groups is 2. The van der Waals surface area contributed by atoms with E-state index < -0.39 is 11.7 Å². The largest absolute Gasteiger partial charge is 0.339 e. The van der Waals surface area contributed by atoms with Crippen LogP contribution in [0.5, 0.6) is 0 Å². The Hall–Kier alpha value is -3.55. The zero-order chi connectivity index (χ0) is 21.1. The van der Waals surface area contributed by atoms with E-state index in [0.29, 0.717) is 18.7 Å². The van der Waals surface area contributed by atoms with E-state index in [4.69, 9.17) is 0 Å². The van der Waals surface area contributed by atoms with Crippen LogP contribution in [0.15, 0.2) is 48.7 Å². The standard InChI is InChI=1S/C22H22FN5O2/c1-14-16(5-4-10-24-14)22(30)28-11-8-15(9-12-28)19-13-20(27-26-19)21(29)25-18-7-3-2-6-17(18)23/h2-7,10,13,15H,8-9,11-12H2,1H3,(H,25,29)(H,26,27). The van der Waals surface area contributed by atoms with Crippen molar-refractivity contribution in [2.45, 2.75) is 25.7 Å². The number of aromatic amines is 1. The van der Waals surface area contributed by atoms with Crippen LogP contribution in [0.1, 0.15) is 51.0 Å². The average Bonchev–Trinajstić information content (AvgIpc) is 3.26. The molecule has 8 heteroatoms. The Morgan fingerprint density at radius 2 is 1.93 bits per heavy atom. The van der Waals surface area contributed by atoms with E-state index in [9.17, 15) is 14.0 Å². The van der Waals surface area contributed by atoms with E-state index in [1.807, 2.05) is 11.8 Å². The molecule has 2 aromatic heterocycles. The molecule has 1 fully saturated rings. The molecule has 0 bridgehead atoms. The number of para-hydroxylation sites is 1. The van der Waals surface area contributed by atoms with Gasteiger partial charge in [0.1, 0.15) is 5.82 Å². The van der Waals surface area contributed by atoms with Gasteiger partial charge in [0.15, 0.2) is 5.69 Å². The number of benzene rings is 1. The third-order valence-electron chi connectivity index (χ3n) is 5.41. The molecule has 0 unspecified atom stereocenters. The van der Waals surface area contributed by atoms with Gasteiger partial charge in [0, 0.05) is 36.6 Å². The minimum Gasteiger partial charge on any atom is -0.339 e. The van der Waals surface area contributed by atoms with Crippen molar-refractivity contribution in [2.24, 2.45) is 0 Å². The number of likely N-dealkylation sites (tertiary alicyclic amines) is 1. The van der Waals surface area contributed by atoms with Gasteiger partial charge in [-0.2, -0.15) is 5.10 Å². The molecule has 1 aliphatic rings. The minimum absolute atomic E-state index is 0.00591. The molecule has 1 saturated heterocycles. The monoisotopic (exact) mass is 407 g/mol. The Kier molecular flexibility index (Phi) is 5.56. The molecule has 0 radical (unpaired) electrons. The predicted molar refractivity (Wildman–Crippen MR) is 110 cm³/mol. The first-order valence-corrected chi connectivity index (χ1v) is 9.85. The second-order valence-corrected chi connectivity index (χ2v) is 7.35. The molecule has 3 heterocycles. The molecule has 30 heavy (non-hydrogen) atoms. The second kappa shape index (κ2) is 8.44. The first kappa shape index (κ1) is 19.8. The Labute approximate surface area is 173 Å². The molecule has 7 nitrogen and oxygen atoms in total. The lowest BCUT2D eigenvalue weighted by Crippen LogP contribution is -2.38. The number of carbonyl (C=O) groups excluding carboxylic acids is 2. The van der Waals surface area contributed by atoms with Gasteiger partial charge in [-0.25, -0.2) is 4.39 Å². The molecule has 1 aromatic carbocycles. The van der Waals surface area contributed by atoms with Crippen molar-refractivity contribution in [2.75, 3.05) is 18.4 Å². The number of rotatable bonds is 4. The first-order valence-electron chi connectivity index (χ1n) is 9.85. The molecule has 3 aromatic rings. The molecule has 154 valence electrons. The van der Waals surface area contributed by atoms with E-state index >= 15 is 0 Å². The van der Waals surface area contributed by atoms with Gasteiger partial charge in [0.25, 0.3) is 11.8 Å². The number of hydrogen-bond donors (Lipinski definition) is 2. The Bertz CT molecular complexity index is 1070. The second-order valence-electron chi connectivity index (χ2n) is 7.35. The highest BCUT2D eigenvalue weighted by Crippen LogP contribution is 2.28. The van der Waals surface area contributed by atoms with Crippen LogP contribution in [0.25, 0.3) is 0 Å². The molecule has 4 rings (SSSR count). The number of pyridine rings is 1. The quantitative estimate of drug-likeness (QED) is 0.692. The molecule has 0 spiro atoms. The molecule has 1 aliphatic heterocycles. The summed E-state index contributed by atoms with van der Waals surface area (Å²) in [6.45, 7) is 3.07. The van der Waals surface area contributed by atoms with Crippen molar-refractivity contribution in [3.05, 3.63) is 77.1 Å². The van der Waals surface area contributed by atoms with Gasteiger partial charge in [-0.3, -0.25) is 19.7 Å². The number of piperidine rings is 1. The number of aryl methyl sites for hydroxylation is 1. The highest BCUT2D eigenvalue weighted by atomic mass is 19.1. The summed E-state index contributed by atoms with van der Waals surface area (Å²) in [5, 5.41) is 9.54. The Morgan fingerprint density at radius 1 is 1.17 bits per heavy atom. The molecular formula is C22H22FN5O2. The zero-order valence-electron chi connectivity index (χ0n) is 16.6. The van der Waals surface area contributed by atoms with Crippen LogP contribution in [0.4, 0.5) is 10.1 Å². The summed E-state index contributed by atoms with van der Waals surface area (Å²) in [6, 6.07) is 11.3. The van der Waals surface area contributed by atoms with Gasteiger partial charge in [0.05, 0.1) is 11.3 Å². The average molecular weight is 407 g/mol. The lowest BCUT2D eigenvalue weighted by molar-refractivity contribution is 0.0710. The maximum Gasteiger partial charge on any atom is 0.276 e. The fourth-order valence-electron chi connectivity index (χ4n) is 3.69. The fourth-order valence-corrected chi connectivity index (χ4v) is 3.69. The lowest BCUT2D eigenvalue weighted by atomic mass is 9.93. The number of anilines is 1. The van der Waals surface area contributed by atoms with E-state index in [2.05, 4.69) is 20.5 Å². The van der Waals surface area contributed by atoms with Crippen molar-refractivity contribution < 1.29 is 14.0 Å². The van der Waals surface area contributed by atoms with Crippen molar-refractivity contribution in [3.8, 4) is 0 Å². The summed E-state index contributed by atoms with van der Waals surface area (Å²) in [7, 11) is 0. The molecule has 0 aliphatic carbocycles. The number of H-pyrrole nitrogens is 1. The Balaban J connectivity index is 1.37. The molecule has 2 N–H and O–H groups in total. The maximum absolute atomic E-state index is 13.7. The summed E-state index contributed by atoms with van der Waals surface area (Å²) in [4.78, 5) is 31.1. The van der Waals surface area contributed by atoms with Gasteiger partial charge in [-0.05, 0) is 50.1 Å². The number of nitrogens with one attached hydrogen (secondary N) is 2. The van der Waals surface area contributed by atoms with Gasteiger partial charge >= 0.3 is 0 Å². The summed E-state index contributed by atoms with van der Waals surface area (Å²) in [5.74, 6) is -0.801. The highest BCUT2D eigenvalue weighted by molar-refractivity contribution is 6.03. The van der Waals surface area contributed by atoms with Crippen LogP contribution in [0, 0.1) is 12.7 Å². The van der Waals surface area contributed by atoms with Gasteiger partial charge < -0.3 is 10.2 Å². The smallest absolute Gasteiger partial charge is 0.276 e. The SMILES string of the molecule is Cc1ncccc1C(=O)N1CCC(c2cc(C(=O)Nc3ccccc3F)n[nH]2)CC1. The van der Waals surface area contributed by atoms with Gasteiger partial charge in [-0.1, -0.05) is 12.1 Å². The van der Waals surface area contributed by atoms with Crippen molar-refractivity contribution >= 4 is 17.5 Å². The van der Waals surface area contributed by atoms with E-state index in [1.165, 1.54) is 12.1 Å². The van der Waals surface area contributed by atoms with E-state index in [-0.39, 0.29) is 23.2 Å². The summed E-state index contributed by atoms with van der Waals surface area (Å²) in [5.41, 5.74) is 2.52. The van der Waals surface area contributed by atoms with Crippen LogP contribution in [0.2, 0.25) is 0 Å². The number of aromatic nitrogens is 3. The highest BCUT2D eigenvalue weighted by Gasteiger charge is 2.27. The number of nitrogens with zero attached hydrogens (tertiary/aromatic N) is 3. The van der Waals surface area contributed by atoms with E-state index in [0.717, 1.165) is 24.2 Å². The van der Waals surface area contributed by atoms with Crippen molar-refractivity contribution in [3.63, 3.8) is 0 Å². The first-order chi connectivity index (χ1) is 14.5. The normalized spacial score (nSPS) is 14.5. The topological polar surface area (TPSA) is 91.0 Å². The Morgan fingerprint density at radius 3 is 2.67 bits per heavy atom. The van der Waals surface area contributed by atoms with Crippen LogP contribution < -0.4 is 5.32 Å². The summed E-state index contributed by atoms with van der Waals surface area (Å²) in [6.07, 6.45) is 3.21. The number of hydrogen-bond acceptors (Lipinski definition) is 4. The number of halogens is 1. The third-order valence-corrected chi connectivity index (χ3v) is 5.41. The molecule has 0 atom stereocenters. The summed E-state index contributed by atoms with van der Waals surface area (Å²) >= 11 is 0. The van der Waals surface area contributed by atoms with Crippen LogP contribution in [0.3, 0.4) is 0 Å². The van der Waals surface area contributed by atoms with Crippen LogP contribution in [-0.2, 0) is 0 Å². The van der Waals surface area contributed by atoms with Gasteiger partial charge in [-0.15, -0.1) is 0 Å². The van der Waals surface area contributed by atoms with Gasteiger partial charge in [0.2, 0.25) is 0 Å². The number of amides is 2. The molecule has 0 saturated carbocycles.